The molecule has 1 aromatic heterocycles. The number of benzene rings is 2. The molecule has 0 spiro atoms. The lowest BCUT2D eigenvalue weighted by Gasteiger charge is -2.35. The zero-order valence-electron chi connectivity index (χ0n) is 21.3. The number of rotatable bonds is 8. The molecule has 2 aromatic carbocycles. The Labute approximate surface area is 213 Å². The van der Waals surface area contributed by atoms with Crippen molar-refractivity contribution in [3.05, 3.63) is 88.2 Å². The highest BCUT2D eigenvalue weighted by Crippen LogP contribution is 2.26. The molecule has 0 unspecified atom stereocenters. The summed E-state index contributed by atoms with van der Waals surface area (Å²) < 4.78 is 6.15. The van der Waals surface area contributed by atoms with E-state index in [4.69, 9.17) is 4.74 Å². The Balaban J connectivity index is 1.54. The van der Waals surface area contributed by atoms with Crippen molar-refractivity contribution in [2.75, 3.05) is 37.6 Å². The summed E-state index contributed by atoms with van der Waals surface area (Å²) in [6, 6.07) is 17.7. The minimum Gasteiger partial charge on any atom is -0.486 e. The third-order valence-electron chi connectivity index (χ3n) is 6.73. The molecule has 1 aliphatic rings. The maximum absolute atomic E-state index is 13.2. The second-order valence-electron chi connectivity index (χ2n) is 9.12. The topological polar surface area (TPSA) is 81.5 Å². The minimum atomic E-state index is -0.288. The number of pyridine rings is 1. The van der Waals surface area contributed by atoms with Crippen molar-refractivity contribution >= 4 is 11.6 Å². The van der Waals surface area contributed by atoms with Crippen LogP contribution in [0.1, 0.15) is 45.2 Å². The van der Waals surface area contributed by atoms with Crippen molar-refractivity contribution < 1.29 is 9.53 Å². The predicted octanol–water partition coefficient (Wildman–Crippen LogP) is 4.22. The zero-order chi connectivity index (χ0) is 25.5. The number of likely N-dealkylation sites (N-methyl/N-ethyl adjacent to an activating group) is 1. The van der Waals surface area contributed by atoms with Crippen LogP contribution in [0.25, 0.3) is 0 Å². The molecule has 7 nitrogen and oxygen atoms in total. The molecule has 2 heterocycles. The van der Waals surface area contributed by atoms with Gasteiger partial charge in [-0.1, -0.05) is 37.3 Å². The number of aryl methyl sites for hydroxylation is 2. The number of nitrogens with one attached hydrogen (secondary N) is 1. The molecule has 0 saturated carbocycles. The fourth-order valence-electron chi connectivity index (χ4n) is 4.53. The van der Waals surface area contributed by atoms with Gasteiger partial charge >= 0.3 is 0 Å². The van der Waals surface area contributed by atoms with Gasteiger partial charge in [-0.2, -0.15) is 5.26 Å². The molecule has 0 radical (unpaired) electrons. The van der Waals surface area contributed by atoms with Crippen LogP contribution in [-0.2, 0) is 13.2 Å². The monoisotopic (exact) mass is 483 g/mol. The summed E-state index contributed by atoms with van der Waals surface area (Å²) in [5, 5.41) is 12.2. The molecule has 7 heteroatoms. The molecule has 1 saturated heterocycles. The molecule has 1 fully saturated rings. The minimum absolute atomic E-state index is 0.269. The third kappa shape index (κ3) is 6.02. The van der Waals surface area contributed by atoms with Crippen LogP contribution in [0.3, 0.4) is 0 Å². The van der Waals surface area contributed by atoms with Gasteiger partial charge in [0.25, 0.3) is 5.91 Å². The van der Waals surface area contributed by atoms with Crippen LogP contribution in [0, 0.1) is 25.2 Å². The summed E-state index contributed by atoms with van der Waals surface area (Å²) in [5.74, 6) is 0.184. The highest BCUT2D eigenvalue weighted by molar-refractivity contribution is 5.95. The molecule has 0 atom stereocenters. The summed E-state index contributed by atoms with van der Waals surface area (Å²) in [6.45, 7) is 11.7. The molecule has 1 N–H and O–H groups in total. The SMILES string of the molecule is CCN1CCN(c2cnc(C(=O)NCc3c(C)cc(C#N)cc3C)c(OCc3ccccc3)c2)CC1. The fourth-order valence-corrected chi connectivity index (χ4v) is 4.53. The molecule has 3 aromatic rings. The van der Waals surface area contributed by atoms with Crippen LogP contribution >= 0.6 is 0 Å². The molecule has 0 bridgehead atoms. The van der Waals surface area contributed by atoms with Crippen LogP contribution in [0.4, 0.5) is 5.69 Å². The maximum Gasteiger partial charge on any atom is 0.274 e. The molecule has 4 rings (SSSR count). The number of anilines is 1. The van der Waals surface area contributed by atoms with Crippen molar-refractivity contribution in [2.24, 2.45) is 0 Å². The van der Waals surface area contributed by atoms with E-state index in [1.54, 1.807) is 6.20 Å². The first kappa shape index (κ1) is 25.2. The van der Waals surface area contributed by atoms with E-state index in [0.717, 1.165) is 60.7 Å². The number of nitrogens with zero attached hydrogens (tertiary/aromatic N) is 4. The second kappa shape index (κ2) is 11.7. The first-order valence-electron chi connectivity index (χ1n) is 12.4. The first-order chi connectivity index (χ1) is 17.5. The summed E-state index contributed by atoms with van der Waals surface area (Å²) in [4.78, 5) is 22.5. The van der Waals surface area contributed by atoms with Gasteiger partial charge in [0.2, 0.25) is 0 Å². The largest absolute Gasteiger partial charge is 0.486 e. The van der Waals surface area contributed by atoms with E-state index in [0.29, 0.717) is 24.5 Å². The van der Waals surface area contributed by atoms with Crippen LogP contribution < -0.4 is 15.0 Å². The van der Waals surface area contributed by atoms with Gasteiger partial charge in [0.05, 0.1) is 23.5 Å². The van der Waals surface area contributed by atoms with Gasteiger partial charge < -0.3 is 19.9 Å². The van der Waals surface area contributed by atoms with Gasteiger partial charge in [-0.15, -0.1) is 0 Å². The lowest BCUT2D eigenvalue weighted by molar-refractivity contribution is 0.0941. The molecule has 1 aliphatic heterocycles. The number of aromatic nitrogens is 1. The van der Waals surface area contributed by atoms with E-state index in [-0.39, 0.29) is 11.6 Å². The normalized spacial score (nSPS) is 13.8. The Kier molecular flexibility index (Phi) is 8.19. The lowest BCUT2D eigenvalue weighted by atomic mass is 9.99. The molecular formula is C29H33N5O2. The number of hydrogen-bond donors (Lipinski definition) is 1. The van der Waals surface area contributed by atoms with Crippen molar-refractivity contribution in [2.45, 2.75) is 33.9 Å². The quantitative estimate of drug-likeness (QED) is 0.517. The van der Waals surface area contributed by atoms with Crippen molar-refractivity contribution in [1.82, 2.24) is 15.2 Å². The summed E-state index contributed by atoms with van der Waals surface area (Å²) in [7, 11) is 0. The summed E-state index contributed by atoms with van der Waals surface area (Å²) in [5.41, 5.74) is 5.82. The molecular weight excluding hydrogens is 450 g/mol. The number of ether oxygens (including phenoxy) is 1. The summed E-state index contributed by atoms with van der Waals surface area (Å²) in [6.07, 6.45) is 1.77. The van der Waals surface area contributed by atoms with Crippen LogP contribution in [0.2, 0.25) is 0 Å². The Bertz CT molecular complexity index is 1220. The molecule has 36 heavy (non-hydrogen) atoms. The third-order valence-corrected chi connectivity index (χ3v) is 6.73. The Morgan fingerprint density at radius 3 is 2.42 bits per heavy atom. The number of nitriles is 1. The van der Waals surface area contributed by atoms with E-state index in [1.165, 1.54) is 0 Å². The van der Waals surface area contributed by atoms with E-state index in [9.17, 15) is 10.1 Å². The number of amides is 1. The van der Waals surface area contributed by atoms with Crippen LogP contribution in [0.15, 0.2) is 54.7 Å². The van der Waals surface area contributed by atoms with Crippen molar-refractivity contribution in [3.63, 3.8) is 0 Å². The number of carbonyl (C=O) groups excluding carboxylic acids is 1. The molecule has 1 amide bonds. The molecule has 0 aliphatic carbocycles. The number of hydrogen-bond acceptors (Lipinski definition) is 6. The van der Waals surface area contributed by atoms with Crippen molar-refractivity contribution in [3.8, 4) is 11.8 Å². The highest BCUT2D eigenvalue weighted by Gasteiger charge is 2.21. The van der Waals surface area contributed by atoms with Gasteiger partial charge in [-0.05, 0) is 54.8 Å². The Morgan fingerprint density at radius 2 is 1.78 bits per heavy atom. The van der Waals surface area contributed by atoms with Crippen LogP contribution in [0.5, 0.6) is 5.75 Å². The zero-order valence-corrected chi connectivity index (χ0v) is 21.3. The van der Waals surface area contributed by atoms with Gasteiger partial charge in [0.15, 0.2) is 11.4 Å². The van der Waals surface area contributed by atoms with E-state index >= 15 is 0 Å². The lowest BCUT2D eigenvalue weighted by Crippen LogP contribution is -2.46. The van der Waals surface area contributed by atoms with Gasteiger partial charge in [-0.3, -0.25) is 4.79 Å². The predicted molar refractivity (Wildman–Crippen MR) is 141 cm³/mol. The van der Waals surface area contributed by atoms with Gasteiger partial charge in [0.1, 0.15) is 6.61 Å². The first-order valence-corrected chi connectivity index (χ1v) is 12.4. The number of carbonyl (C=O) groups is 1. The standard InChI is InChI=1S/C29H33N5O2/c1-4-33-10-12-34(13-11-33)25-16-27(36-20-23-8-6-5-7-9-23)28(31-18-25)29(35)32-19-26-21(2)14-24(17-30)15-22(26)3/h5-9,14-16,18H,4,10-13,19-20H2,1-3H3,(H,32,35). The molecule has 186 valence electrons. The van der Waals surface area contributed by atoms with Crippen LogP contribution in [-0.4, -0.2) is 48.5 Å². The average Bonchev–Trinajstić information content (AvgIpc) is 2.91. The van der Waals surface area contributed by atoms with E-state index in [2.05, 4.69) is 33.1 Å². The summed E-state index contributed by atoms with van der Waals surface area (Å²) >= 11 is 0. The second-order valence-corrected chi connectivity index (χ2v) is 9.12. The Morgan fingerprint density at radius 1 is 1.08 bits per heavy atom. The Hall–Kier alpha value is -3.89. The average molecular weight is 484 g/mol. The van der Waals surface area contributed by atoms with Gasteiger partial charge in [0, 0.05) is 38.8 Å². The fraction of sp³-hybridized carbons (Fsp3) is 0.345. The van der Waals surface area contributed by atoms with Gasteiger partial charge in [-0.25, -0.2) is 4.98 Å². The van der Waals surface area contributed by atoms with Crippen molar-refractivity contribution in [1.29, 1.82) is 5.26 Å². The smallest absolute Gasteiger partial charge is 0.274 e. The van der Waals surface area contributed by atoms with E-state index in [1.807, 2.05) is 62.4 Å². The number of piperazine rings is 1. The van der Waals surface area contributed by atoms with E-state index < -0.39 is 0 Å². The maximum atomic E-state index is 13.2. The highest BCUT2D eigenvalue weighted by atomic mass is 16.5.